The first-order valence-corrected chi connectivity index (χ1v) is 5.92. The molecular formula is C14H13N3O2. The number of benzene rings is 1. The maximum absolute atomic E-state index is 9.44. The lowest BCUT2D eigenvalue weighted by molar-refractivity contribution is 0.411. The molecule has 2 heterocycles. The first-order valence-electron chi connectivity index (χ1n) is 5.92. The molecule has 0 aliphatic rings. The van der Waals surface area contributed by atoms with Crippen LogP contribution in [0.1, 0.15) is 11.4 Å². The van der Waals surface area contributed by atoms with E-state index in [0.29, 0.717) is 12.2 Å². The summed E-state index contributed by atoms with van der Waals surface area (Å²) in [6.45, 7) is 0. The van der Waals surface area contributed by atoms with Crippen molar-refractivity contribution in [2.45, 2.75) is 6.42 Å². The number of hydrogen-bond donors (Lipinski definition) is 1. The zero-order valence-corrected chi connectivity index (χ0v) is 10.4. The van der Waals surface area contributed by atoms with Gasteiger partial charge in [0.2, 0.25) is 0 Å². The summed E-state index contributed by atoms with van der Waals surface area (Å²) in [4.78, 5) is 4.43. The van der Waals surface area contributed by atoms with Gasteiger partial charge in [-0.25, -0.2) is 9.50 Å². The van der Waals surface area contributed by atoms with Crippen LogP contribution in [-0.2, 0) is 6.42 Å². The van der Waals surface area contributed by atoms with E-state index in [-0.39, 0.29) is 5.75 Å². The minimum Gasteiger partial charge on any atom is -0.508 e. The molecule has 5 heteroatoms. The van der Waals surface area contributed by atoms with E-state index in [1.54, 1.807) is 30.0 Å². The van der Waals surface area contributed by atoms with Crippen LogP contribution in [0.5, 0.6) is 11.5 Å². The van der Waals surface area contributed by atoms with Crippen LogP contribution < -0.4 is 4.74 Å². The molecule has 19 heavy (non-hydrogen) atoms. The van der Waals surface area contributed by atoms with Gasteiger partial charge in [0.25, 0.3) is 0 Å². The molecule has 96 valence electrons. The maximum atomic E-state index is 9.44. The highest BCUT2D eigenvalue weighted by Gasteiger charge is 2.06. The normalized spacial score (nSPS) is 10.8. The minimum atomic E-state index is 0.253. The average molecular weight is 255 g/mol. The van der Waals surface area contributed by atoms with E-state index >= 15 is 0 Å². The Morgan fingerprint density at radius 3 is 2.95 bits per heavy atom. The predicted molar refractivity (Wildman–Crippen MR) is 70.5 cm³/mol. The van der Waals surface area contributed by atoms with Gasteiger partial charge in [-0.15, -0.1) is 0 Å². The number of rotatable bonds is 3. The van der Waals surface area contributed by atoms with Gasteiger partial charge in [0.1, 0.15) is 11.5 Å². The molecule has 0 unspecified atom stereocenters. The number of nitrogens with zero attached hydrogens (tertiary/aromatic N) is 3. The maximum Gasteiger partial charge on any atom is 0.156 e. The van der Waals surface area contributed by atoms with Crippen LogP contribution in [0, 0.1) is 0 Å². The molecule has 0 amide bonds. The van der Waals surface area contributed by atoms with Gasteiger partial charge in [0, 0.05) is 6.42 Å². The van der Waals surface area contributed by atoms with E-state index in [9.17, 15) is 5.11 Å². The Labute approximate surface area is 110 Å². The zero-order chi connectivity index (χ0) is 13.2. The molecule has 1 N–H and O–H groups in total. The second-order valence-electron chi connectivity index (χ2n) is 4.25. The van der Waals surface area contributed by atoms with Gasteiger partial charge in [-0.1, -0.05) is 12.1 Å². The summed E-state index contributed by atoms with van der Waals surface area (Å²) in [7, 11) is 1.62. The van der Waals surface area contributed by atoms with Gasteiger partial charge < -0.3 is 9.84 Å². The molecule has 3 rings (SSSR count). The molecule has 0 saturated heterocycles. The first kappa shape index (κ1) is 11.5. The van der Waals surface area contributed by atoms with Crippen LogP contribution in [-0.4, -0.2) is 26.8 Å². The van der Waals surface area contributed by atoms with Crippen molar-refractivity contribution < 1.29 is 9.84 Å². The second-order valence-corrected chi connectivity index (χ2v) is 4.25. The van der Waals surface area contributed by atoms with Gasteiger partial charge in [-0.05, 0) is 29.8 Å². The lowest BCUT2D eigenvalue weighted by Gasteiger charge is -1.98. The van der Waals surface area contributed by atoms with Crippen molar-refractivity contribution in [1.82, 2.24) is 14.6 Å². The van der Waals surface area contributed by atoms with E-state index in [2.05, 4.69) is 10.1 Å². The predicted octanol–water partition coefficient (Wildman–Crippen LogP) is 2.03. The molecule has 5 nitrogen and oxygen atoms in total. The number of aromatic hydroxyl groups is 1. The minimum absolute atomic E-state index is 0.253. The van der Waals surface area contributed by atoms with Crippen molar-refractivity contribution in [1.29, 1.82) is 0 Å². The fourth-order valence-electron chi connectivity index (χ4n) is 1.95. The van der Waals surface area contributed by atoms with Crippen molar-refractivity contribution in [2.24, 2.45) is 0 Å². The second kappa shape index (κ2) is 4.61. The smallest absolute Gasteiger partial charge is 0.156 e. The lowest BCUT2D eigenvalue weighted by atomic mass is 10.1. The fraction of sp³-hybridized carbons (Fsp3) is 0.143. The van der Waals surface area contributed by atoms with Crippen LogP contribution in [0.4, 0.5) is 0 Å². The third-order valence-corrected chi connectivity index (χ3v) is 2.86. The Balaban J connectivity index is 1.93. The zero-order valence-electron chi connectivity index (χ0n) is 10.4. The molecule has 0 aliphatic heterocycles. The van der Waals surface area contributed by atoms with Gasteiger partial charge in [-0.3, -0.25) is 0 Å². The van der Waals surface area contributed by atoms with E-state index in [0.717, 1.165) is 17.0 Å². The van der Waals surface area contributed by atoms with Crippen LogP contribution in [0.2, 0.25) is 0 Å². The van der Waals surface area contributed by atoms with Crippen molar-refractivity contribution in [3.05, 3.63) is 54.0 Å². The standard InChI is InChI=1S/C14H13N3O2/c1-19-12-5-6-14-15-13(16-17(14)9-12)8-10-3-2-4-11(18)7-10/h2-7,9,18H,8H2,1H3. The molecule has 0 atom stereocenters. The number of fused-ring (bicyclic) bond motifs is 1. The number of pyridine rings is 1. The first-order chi connectivity index (χ1) is 9.24. The lowest BCUT2D eigenvalue weighted by Crippen LogP contribution is -1.92. The Hall–Kier alpha value is -2.56. The van der Waals surface area contributed by atoms with Crippen molar-refractivity contribution >= 4 is 5.65 Å². The number of hydrogen-bond acceptors (Lipinski definition) is 4. The Morgan fingerprint density at radius 2 is 2.16 bits per heavy atom. The van der Waals surface area contributed by atoms with Gasteiger partial charge in [0.05, 0.1) is 13.3 Å². The van der Waals surface area contributed by atoms with Crippen molar-refractivity contribution in [3.8, 4) is 11.5 Å². The Kier molecular flexibility index (Phi) is 2.79. The van der Waals surface area contributed by atoms with E-state index in [1.165, 1.54) is 0 Å². The molecular weight excluding hydrogens is 242 g/mol. The quantitative estimate of drug-likeness (QED) is 0.778. The monoisotopic (exact) mass is 255 g/mol. The number of methoxy groups -OCH3 is 1. The van der Waals surface area contributed by atoms with E-state index in [4.69, 9.17) is 4.74 Å². The van der Waals surface area contributed by atoms with Crippen LogP contribution >= 0.6 is 0 Å². The van der Waals surface area contributed by atoms with Crippen LogP contribution in [0.25, 0.3) is 5.65 Å². The summed E-state index contributed by atoms with van der Waals surface area (Å²) in [5.41, 5.74) is 1.75. The SMILES string of the molecule is COc1ccc2nc(Cc3cccc(O)c3)nn2c1. The molecule has 0 aliphatic carbocycles. The Bertz CT molecular complexity index is 722. The number of ether oxygens (including phenoxy) is 1. The number of phenolic OH excluding ortho intramolecular Hbond substituents is 1. The van der Waals surface area contributed by atoms with Crippen molar-refractivity contribution in [2.75, 3.05) is 7.11 Å². The number of aromatic nitrogens is 3. The van der Waals surface area contributed by atoms with Gasteiger partial charge >= 0.3 is 0 Å². The largest absolute Gasteiger partial charge is 0.508 e. The summed E-state index contributed by atoms with van der Waals surface area (Å²) >= 11 is 0. The summed E-state index contributed by atoms with van der Waals surface area (Å²) in [5.74, 6) is 1.70. The molecule has 0 saturated carbocycles. The van der Waals surface area contributed by atoms with Gasteiger partial charge in [-0.2, -0.15) is 5.10 Å². The molecule has 0 bridgehead atoms. The van der Waals surface area contributed by atoms with E-state index in [1.807, 2.05) is 24.3 Å². The third kappa shape index (κ3) is 2.35. The highest BCUT2D eigenvalue weighted by molar-refractivity contribution is 5.41. The summed E-state index contributed by atoms with van der Waals surface area (Å²) in [6, 6.07) is 10.8. The summed E-state index contributed by atoms with van der Waals surface area (Å²) < 4.78 is 6.84. The Morgan fingerprint density at radius 1 is 1.26 bits per heavy atom. The van der Waals surface area contributed by atoms with E-state index < -0.39 is 0 Å². The summed E-state index contributed by atoms with van der Waals surface area (Å²) in [6.07, 6.45) is 2.37. The topological polar surface area (TPSA) is 59.7 Å². The average Bonchev–Trinajstić information content (AvgIpc) is 2.79. The third-order valence-electron chi connectivity index (χ3n) is 2.86. The molecule has 1 aromatic carbocycles. The molecule has 0 fully saturated rings. The highest BCUT2D eigenvalue weighted by Crippen LogP contribution is 2.15. The highest BCUT2D eigenvalue weighted by atomic mass is 16.5. The molecule has 2 aromatic heterocycles. The fourth-order valence-corrected chi connectivity index (χ4v) is 1.95. The number of phenols is 1. The molecule has 3 aromatic rings. The van der Waals surface area contributed by atoms with Crippen LogP contribution in [0.3, 0.4) is 0 Å². The van der Waals surface area contributed by atoms with Gasteiger partial charge in [0.15, 0.2) is 11.5 Å². The van der Waals surface area contributed by atoms with Crippen LogP contribution in [0.15, 0.2) is 42.6 Å². The molecule has 0 spiro atoms. The molecule has 0 radical (unpaired) electrons. The summed E-state index contributed by atoms with van der Waals surface area (Å²) in [5, 5.41) is 13.8. The van der Waals surface area contributed by atoms with Crippen molar-refractivity contribution in [3.63, 3.8) is 0 Å².